The monoisotopic (exact) mass is 732 g/mol. The van der Waals surface area contributed by atoms with Gasteiger partial charge in [0.2, 0.25) is 0 Å². The maximum Gasteiger partial charge on any atom is 0.329 e. The van der Waals surface area contributed by atoms with Crippen molar-refractivity contribution in [3.05, 3.63) is 0 Å². The van der Waals surface area contributed by atoms with Gasteiger partial charge in [-0.15, -0.1) is 0 Å². The highest BCUT2D eigenvalue weighted by molar-refractivity contribution is 5.69. The number of esters is 1. The molecule has 0 atom stereocenters. The lowest BCUT2D eigenvalue weighted by atomic mass is 10.2. The molecule has 18 nitrogen and oxygen atoms in total. The van der Waals surface area contributed by atoms with E-state index in [4.69, 9.17) is 71.8 Å². The van der Waals surface area contributed by atoms with E-state index in [0.717, 1.165) is 0 Å². The van der Waals surface area contributed by atoms with Crippen molar-refractivity contribution in [2.75, 3.05) is 165 Å². The SMILES string of the molecule is O=C(O)CCCCC(=O)OCCOCCOCCOCCOCCOCCOCCOCCOCCOCCOCCOCCOCC(=O)O. The second kappa shape index (κ2) is 41.4. The van der Waals surface area contributed by atoms with Crippen LogP contribution in [0, 0.1) is 0 Å². The number of carbonyl (C=O) groups is 3. The molecule has 18 heteroatoms. The topological polar surface area (TPSA) is 212 Å². The van der Waals surface area contributed by atoms with Gasteiger partial charge in [-0.1, -0.05) is 0 Å². The maximum atomic E-state index is 11.5. The number of carboxylic acids is 2. The van der Waals surface area contributed by atoms with Crippen LogP contribution in [0.3, 0.4) is 0 Å². The molecular formula is C32H60O18. The van der Waals surface area contributed by atoms with E-state index in [1.54, 1.807) is 0 Å². The van der Waals surface area contributed by atoms with E-state index >= 15 is 0 Å². The van der Waals surface area contributed by atoms with Gasteiger partial charge in [0, 0.05) is 12.8 Å². The summed E-state index contributed by atoms with van der Waals surface area (Å²) in [5.41, 5.74) is 0. The molecule has 0 rings (SSSR count). The maximum absolute atomic E-state index is 11.5. The Labute approximate surface area is 295 Å². The summed E-state index contributed by atoms with van der Waals surface area (Å²) in [6.45, 7) is 9.63. The molecule has 0 fully saturated rings. The third kappa shape index (κ3) is 44.0. The third-order valence-corrected chi connectivity index (χ3v) is 5.83. The van der Waals surface area contributed by atoms with Crippen LogP contribution < -0.4 is 0 Å². The predicted octanol–water partition coefficient (Wildman–Crippen LogP) is 0.458. The Morgan fingerprint density at radius 3 is 0.800 bits per heavy atom. The van der Waals surface area contributed by atoms with Crippen molar-refractivity contribution in [1.29, 1.82) is 0 Å². The first-order valence-electron chi connectivity index (χ1n) is 17.0. The van der Waals surface area contributed by atoms with Gasteiger partial charge in [0.25, 0.3) is 0 Å². The molecule has 2 N–H and O–H groups in total. The normalized spacial score (nSPS) is 11.3. The molecule has 0 spiro atoms. The van der Waals surface area contributed by atoms with Crippen LogP contribution in [0.2, 0.25) is 0 Å². The summed E-state index contributed by atoms with van der Waals surface area (Å²) in [4.78, 5) is 32.2. The molecule has 0 aromatic rings. The quantitative estimate of drug-likeness (QED) is 0.0644. The fraction of sp³-hybridized carbons (Fsp3) is 0.906. The molecule has 0 aliphatic heterocycles. The lowest BCUT2D eigenvalue weighted by Crippen LogP contribution is -2.16. The number of carboxylic acid groups (broad SMARTS) is 2. The molecule has 50 heavy (non-hydrogen) atoms. The van der Waals surface area contributed by atoms with E-state index in [1.165, 1.54) is 0 Å². The van der Waals surface area contributed by atoms with Crippen molar-refractivity contribution < 1.29 is 86.2 Å². The Morgan fingerprint density at radius 1 is 0.300 bits per heavy atom. The van der Waals surface area contributed by atoms with Gasteiger partial charge in [0.05, 0.1) is 152 Å². The highest BCUT2D eigenvalue weighted by atomic mass is 16.6. The zero-order chi connectivity index (χ0) is 36.4. The molecule has 0 radical (unpaired) electrons. The number of rotatable bonds is 43. The number of ether oxygens (including phenoxy) is 13. The fourth-order valence-electron chi connectivity index (χ4n) is 3.41. The van der Waals surface area contributed by atoms with E-state index in [-0.39, 0.29) is 45.2 Å². The Hall–Kier alpha value is -2.07. The molecule has 0 aromatic heterocycles. The van der Waals surface area contributed by atoms with Crippen LogP contribution in [-0.4, -0.2) is 193 Å². The molecule has 296 valence electrons. The molecule has 0 aliphatic carbocycles. The number of carbonyl (C=O) groups excluding carboxylic acids is 1. The van der Waals surface area contributed by atoms with Gasteiger partial charge in [-0.05, 0) is 12.8 Å². The first-order chi connectivity index (χ1) is 24.5. The minimum Gasteiger partial charge on any atom is -0.481 e. The lowest BCUT2D eigenvalue weighted by molar-refractivity contribution is -0.146. The van der Waals surface area contributed by atoms with E-state index in [0.29, 0.717) is 152 Å². The molecule has 0 saturated heterocycles. The number of hydrogen-bond donors (Lipinski definition) is 2. The number of unbranched alkanes of at least 4 members (excludes halogenated alkanes) is 1. The highest BCUT2D eigenvalue weighted by Crippen LogP contribution is 2.01. The average molecular weight is 733 g/mol. The van der Waals surface area contributed by atoms with Crippen molar-refractivity contribution in [2.24, 2.45) is 0 Å². The first-order valence-corrected chi connectivity index (χ1v) is 17.0. The van der Waals surface area contributed by atoms with Crippen molar-refractivity contribution >= 4 is 17.9 Å². The summed E-state index contributed by atoms with van der Waals surface area (Å²) in [6.07, 6.45) is 1.21. The predicted molar refractivity (Wildman–Crippen MR) is 175 cm³/mol. The fourth-order valence-corrected chi connectivity index (χ4v) is 3.41. The Balaban J connectivity index is 3.10. The number of aliphatic carboxylic acids is 2. The highest BCUT2D eigenvalue weighted by Gasteiger charge is 2.04. The van der Waals surface area contributed by atoms with Crippen LogP contribution in [0.15, 0.2) is 0 Å². The zero-order valence-corrected chi connectivity index (χ0v) is 29.4. The molecule has 0 unspecified atom stereocenters. The van der Waals surface area contributed by atoms with Crippen LogP contribution in [-0.2, 0) is 76.0 Å². The first kappa shape index (κ1) is 47.9. The second-order valence-electron chi connectivity index (χ2n) is 10.0. The lowest BCUT2D eigenvalue weighted by Gasteiger charge is -2.09. The number of hydrogen-bond acceptors (Lipinski definition) is 16. The molecule has 0 saturated carbocycles. The minimum absolute atomic E-state index is 0.0548. The summed E-state index contributed by atoms with van der Waals surface area (Å²) in [5, 5.41) is 17.0. The van der Waals surface area contributed by atoms with E-state index in [9.17, 15) is 14.4 Å². The van der Waals surface area contributed by atoms with Crippen molar-refractivity contribution in [1.82, 2.24) is 0 Å². The smallest absolute Gasteiger partial charge is 0.329 e. The standard InChI is InChI=1S/C32H60O18/c33-30(34)3-1-2-4-32(37)50-28-27-48-24-23-46-20-19-44-16-15-42-12-11-40-8-7-38-5-6-39-9-10-41-13-14-43-17-18-45-21-22-47-25-26-49-29-31(35)36/h1-29H2,(H,33,34)(H,35,36). The van der Waals surface area contributed by atoms with Gasteiger partial charge < -0.3 is 71.8 Å². The summed E-state index contributed by atoms with van der Waals surface area (Å²) < 4.78 is 69.3. The van der Waals surface area contributed by atoms with Gasteiger partial charge in [-0.3, -0.25) is 9.59 Å². The molecular weight excluding hydrogens is 672 g/mol. The van der Waals surface area contributed by atoms with Crippen LogP contribution in [0.5, 0.6) is 0 Å². The molecule has 0 aromatic carbocycles. The van der Waals surface area contributed by atoms with E-state index < -0.39 is 11.9 Å². The minimum atomic E-state index is -1.00. The molecule has 0 amide bonds. The Bertz CT molecular complexity index is 744. The Kier molecular flexibility index (Phi) is 39.6. The van der Waals surface area contributed by atoms with Crippen LogP contribution in [0.4, 0.5) is 0 Å². The van der Waals surface area contributed by atoms with Gasteiger partial charge in [-0.25, -0.2) is 4.79 Å². The van der Waals surface area contributed by atoms with Gasteiger partial charge in [0.1, 0.15) is 13.2 Å². The van der Waals surface area contributed by atoms with Crippen LogP contribution in [0.25, 0.3) is 0 Å². The average Bonchev–Trinajstić information content (AvgIpc) is 3.09. The second-order valence-corrected chi connectivity index (χ2v) is 10.0. The van der Waals surface area contributed by atoms with E-state index in [2.05, 4.69) is 0 Å². The summed E-state index contributed by atoms with van der Waals surface area (Å²) >= 11 is 0. The van der Waals surface area contributed by atoms with Crippen molar-refractivity contribution in [3.8, 4) is 0 Å². The van der Waals surface area contributed by atoms with Crippen molar-refractivity contribution in [3.63, 3.8) is 0 Å². The van der Waals surface area contributed by atoms with E-state index in [1.807, 2.05) is 0 Å². The third-order valence-electron chi connectivity index (χ3n) is 5.83. The van der Waals surface area contributed by atoms with Crippen LogP contribution >= 0.6 is 0 Å². The van der Waals surface area contributed by atoms with Crippen molar-refractivity contribution in [2.45, 2.75) is 25.7 Å². The van der Waals surface area contributed by atoms with Gasteiger partial charge in [-0.2, -0.15) is 0 Å². The molecule has 0 aliphatic rings. The summed E-state index contributed by atoms with van der Waals surface area (Å²) in [5.74, 6) is -2.22. The largest absolute Gasteiger partial charge is 0.481 e. The molecule has 0 bridgehead atoms. The summed E-state index contributed by atoms with van der Waals surface area (Å²) in [6, 6.07) is 0. The molecule has 0 heterocycles. The Morgan fingerprint density at radius 2 is 0.540 bits per heavy atom. The van der Waals surface area contributed by atoms with Gasteiger partial charge >= 0.3 is 17.9 Å². The summed E-state index contributed by atoms with van der Waals surface area (Å²) in [7, 11) is 0. The van der Waals surface area contributed by atoms with Gasteiger partial charge in [0.15, 0.2) is 0 Å². The zero-order valence-electron chi connectivity index (χ0n) is 29.4. The van der Waals surface area contributed by atoms with Crippen LogP contribution in [0.1, 0.15) is 25.7 Å².